The van der Waals surface area contributed by atoms with Gasteiger partial charge in [0, 0.05) is 29.3 Å². The number of aromatic amines is 1. The lowest BCUT2D eigenvalue weighted by Crippen LogP contribution is -2.17. The zero-order valence-electron chi connectivity index (χ0n) is 17.7. The molecule has 9 nitrogen and oxygen atoms in total. The number of aryl methyl sites for hydroxylation is 1. The number of fused-ring (bicyclic) bond motifs is 2. The number of rotatable bonds is 7. The Morgan fingerprint density at radius 2 is 2.06 bits per heavy atom. The summed E-state index contributed by atoms with van der Waals surface area (Å²) in [6.07, 6.45) is 7.53. The fourth-order valence-corrected chi connectivity index (χ4v) is 5.42. The third-order valence-corrected chi connectivity index (χ3v) is 7.04. The van der Waals surface area contributed by atoms with E-state index in [4.69, 9.17) is 15.2 Å². The maximum Gasteiger partial charge on any atom is 0.227 e. The van der Waals surface area contributed by atoms with Gasteiger partial charge in [-0.3, -0.25) is 5.10 Å². The van der Waals surface area contributed by atoms with Crippen LogP contribution < -0.4 is 16.4 Å². The molecule has 0 aliphatic heterocycles. The maximum absolute atomic E-state index is 6.53. The van der Waals surface area contributed by atoms with Crippen LogP contribution in [0.15, 0.2) is 16.7 Å². The molecule has 0 radical (unpaired) electrons. The van der Waals surface area contributed by atoms with E-state index in [-0.39, 0.29) is 0 Å². The van der Waals surface area contributed by atoms with Crippen LogP contribution >= 0.6 is 0 Å². The molecule has 3 aliphatic rings. The SMILES string of the molecule is Cc1cc(CNc2nc(N)c(C3CC4CCC3C4)c(Nc3cc(C4CC4)[nH]n3)n2)on1. The molecular formula is C22H28N8O. The molecule has 3 aromatic heterocycles. The molecule has 3 fully saturated rings. The van der Waals surface area contributed by atoms with E-state index in [2.05, 4.69) is 37.0 Å². The molecule has 31 heavy (non-hydrogen) atoms. The van der Waals surface area contributed by atoms with Gasteiger partial charge in [0.25, 0.3) is 0 Å². The summed E-state index contributed by atoms with van der Waals surface area (Å²) in [6.45, 7) is 2.34. The van der Waals surface area contributed by atoms with Crippen molar-refractivity contribution in [2.24, 2.45) is 11.8 Å². The third-order valence-electron chi connectivity index (χ3n) is 7.04. The minimum absolute atomic E-state index is 0.411. The fraction of sp³-hybridized carbons (Fsp3) is 0.545. The molecule has 0 amide bonds. The van der Waals surface area contributed by atoms with Crippen LogP contribution in [0, 0.1) is 18.8 Å². The van der Waals surface area contributed by atoms with E-state index < -0.39 is 0 Å². The Labute approximate surface area is 180 Å². The van der Waals surface area contributed by atoms with E-state index in [1.807, 2.05) is 13.0 Å². The van der Waals surface area contributed by atoms with Gasteiger partial charge in [0.05, 0.1) is 12.2 Å². The Balaban J connectivity index is 1.30. The van der Waals surface area contributed by atoms with E-state index in [0.29, 0.717) is 36.1 Å². The van der Waals surface area contributed by atoms with Gasteiger partial charge in [-0.2, -0.15) is 15.1 Å². The highest BCUT2D eigenvalue weighted by atomic mass is 16.5. The van der Waals surface area contributed by atoms with Crippen LogP contribution in [0.25, 0.3) is 0 Å². The van der Waals surface area contributed by atoms with E-state index in [1.54, 1.807) is 0 Å². The van der Waals surface area contributed by atoms with Gasteiger partial charge in [-0.15, -0.1) is 0 Å². The van der Waals surface area contributed by atoms with Crippen LogP contribution in [0.1, 0.15) is 73.1 Å². The molecule has 3 saturated carbocycles. The monoisotopic (exact) mass is 420 g/mol. The number of nitrogens with one attached hydrogen (secondary N) is 3. The molecule has 2 bridgehead atoms. The number of aromatic nitrogens is 5. The second kappa shape index (κ2) is 7.25. The molecule has 3 aromatic rings. The highest BCUT2D eigenvalue weighted by Gasteiger charge is 2.42. The molecular weight excluding hydrogens is 392 g/mol. The number of hydrogen-bond donors (Lipinski definition) is 4. The Kier molecular flexibility index (Phi) is 4.36. The van der Waals surface area contributed by atoms with Crippen molar-refractivity contribution in [3.05, 3.63) is 34.8 Å². The summed E-state index contributed by atoms with van der Waals surface area (Å²) < 4.78 is 5.28. The zero-order chi connectivity index (χ0) is 20.9. The lowest BCUT2D eigenvalue weighted by atomic mass is 9.83. The first-order chi connectivity index (χ1) is 15.1. The minimum Gasteiger partial charge on any atom is -0.383 e. The van der Waals surface area contributed by atoms with Crippen LogP contribution in [-0.4, -0.2) is 25.3 Å². The van der Waals surface area contributed by atoms with Crippen molar-refractivity contribution < 1.29 is 4.52 Å². The van der Waals surface area contributed by atoms with Crippen molar-refractivity contribution in [3.63, 3.8) is 0 Å². The Morgan fingerprint density at radius 3 is 2.77 bits per heavy atom. The largest absolute Gasteiger partial charge is 0.383 e. The van der Waals surface area contributed by atoms with Crippen molar-refractivity contribution in [2.45, 2.75) is 63.8 Å². The first-order valence-corrected chi connectivity index (χ1v) is 11.3. The second-order valence-corrected chi connectivity index (χ2v) is 9.37. The molecule has 6 rings (SSSR count). The molecule has 162 valence electrons. The summed E-state index contributed by atoms with van der Waals surface area (Å²) >= 11 is 0. The summed E-state index contributed by atoms with van der Waals surface area (Å²) in [5.41, 5.74) is 9.60. The molecule has 9 heteroatoms. The van der Waals surface area contributed by atoms with Gasteiger partial charge >= 0.3 is 0 Å². The number of H-pyrrole nitrogens is 1. The predicted octanol–water partition coefficient (Wildman–Crippen LogP) is 4.22. The molecule has 3 aliphatic carbocycles. The topological polar surface area (TPSA) is 131 Å². The maximum atomic E-state index is 6.53. The highest BCUT2D eigenvalue weighted by molar-refractivity contribution is 5.66. The summed E-state index contributed by atoms with van der Waals surface area (Å²) in [5.74, 6) is 5.79. The Hall–Kier alpha value is -3.10. The third kappa shape index (κ3) is 3.62. The summed E-state index contributed by atoms with van der Waals surface area (Å²) in [5, 5.41) is 18.2. The smallest absolute Gasteiger partial charge is 0.227 e. The van der Waals surface area contributed by atoms with Crippen molar-refractivity contribution in [2.75, 3.05) is 16.4 Å². The number of hydrogen-bond acceptors (Lipinski definition) is 8. The number of nitrogens with two attached hydrogens (primary N) is 1. The quantitative estimate of drug-likeness (QED) is 0.447. The molecule has 3 heterocycles. The van der Waals surface area contributed by atoms with Crippen molar-refractivity contribution in [3.8, 4) is 0 Å². The number of nitrogens with zero attached hydrogens (tertiary/aromatic N) is 4. The van der Waals surface area contributed by atoms with Gasteiger partial charge in [-0.1, -0.05) is 11.6 Å². The van der Waals surface area contributed by atoms with Gasteiger partial charge in [-0.05, 0) is 56.8 Å². The predicted molar refractivity (Wildman–Crippen MR) is 117 cm³/mol. The van der Waals surface area contributed by atoms with Crippen LogP contribution in [-0.2, 0) is 6.54 Å². The van der Waals surface area contributed by atoms with E-state index in [9.17, 15) is 0 Å². The lowest BCUT2D eigenvalue weighted by Gasteiger charge is -2.25. The van der Waals surface area contributed by atoms with E-state index in [1.165, 1.54) is 44.2 Å². The van der Waals surface area contributed by atoms with E-state index in [0.717, 1.165) is 34.6 Å². The van der Waals surface area contributed by atoms with Crippen LogP contribution in [0.5, 0.6) is 0 Å². The molecule has 3 unspecified atom stereocenters. The molecule has 0 aromatic carbocycles. The van der Waals surface area contributed by atoms with Crippen LogP contribution in [0.2, 0.25) is 0 Å². The zero-order valence-corrected chi connectivity index (χ0v) is 17.7. The number of nitrogen functional groups attached to an aromatic ring is 1. The molecule has 5 N–H and O–H groups in total. The average Bonchev–Trinajstić information content (AvgIpc) is 3.12. The summed E-state index contributed by atoms with van der Waals surface area (Å²) in [4.78, 5) is 9.41. The average molecular weight is 421 g/mol. The minimum atomic E-state index is 0.411. The Morgan fingerprint density at radius 1 is 1.16 bits per heavy atom. The standard InChI is InChI=1S/C22H28N8O/c1-11-6-15(31-30-11)10-24-22-26-20(23)19(16-8-12-2-3-14(16)7-12)21(27-22)25-18-9-17(28-29-18)13-4-5-13/h6,9,12-14,16H,2-5,7-8,10H2,1H3,(H5,23,24,25,26,27,28,29). The highest BCUT2D eigenvalue weighted by Crippen LogP contribution is 2.55. The van der Waals surface area contributed by atoms with Crippen molar-refractivity contribution in [1.82, 2.24) is 25.3 Å². The van der Waals surface area contributed by atoms with Crippen LogP contribution in [0.3, 0.4) is 0 Å². The number of anilines is 4. The first kappa shape index (κ1) is 18.7. The van der Waals surface area contributed by atoms with E-state index >= 15 is 0 Å². The van der Waals surface area contributed by atoms with Gasteiger partial charge in [0.1, 0.15) is 11.6 Å². The Bertz CT molecular complexity index is 1100. The summed E-state index contributed by atoms with van der Waals surface area (Å²) in [7, 11) is 0. The summed E-state index contributed by atoms with van der Waals surface area (Å²) in [6, 6.07) is 3.98. The van der Waals surface area contributed by atoms with Crippen LogP contribution in [0.4, 0.5) is 23.4 Å². The van der Waals surface area contributed by atoms with Gasteiger partial charge in [0.15, 0.2) is 11.6 Å². The lowest BCUT2D eigenvalue weighted by molar-refractivity contribution is 0.384. The molecule has 0 spiro atoms. The normalized spacial score (nSPS) is 24.6. The first-order valence-electron chi connectivity index (χ1n) is 11.3. The second-order valence-electron chi connectivity index (χ2n) is 9.37. The van der Waals surface area contributed by atoms with Crippen molar-refractivity contribution in [1.29, 1.82) is 0 Å². The van der Waals surface area contributed by atoms with Crippen molar-refractivity contribution >= 4 is 23.4 Å². The fourth-order valence-electron chi connectivity index (χ4n) is 5.42. The molecule has 0 saturated heterocycles. The van der Waals surface area contributed by atoms with Gasteiger partial charge in [0.2, 0.25) is 5.95 Å². The van der Waals surface area contributed by atoms with Gasteiger partial charge < -0.3 is 20.9 Å². The molecule has 3 atom stereocenters. The van der Waals surface area contributed by atoms with Gasteiger partial charge in [-0.25, -0.2) is 0 Å².